The number of rotatable bonds is 4. The predicted octanol–water partition coefficient (Wildman–Crippen LogP) is 2.35. The van der Waals surface area contributed by atoms with E-state index >= 15 is 0 Å². The quantitative estimate of drug-likeness (QED) is 0.797. The van der Waals surface area contributed by atoms with E-state index in [0.717, 1.165) is 17.7 Å². The number of ether oxygens (including phenoxy) is 1. The Bertz CT molecular complexity index is 294. The van der Waals surface area contributed by atoms with Crippen molar-refractivity contribution in [2.45, 2.75) is 26.2 Å². The van der Waals surface area contributed by atoms with Crippen LogP contribution < -0.4 is 4.74 Å². The zero-order chi connectivity index (χ0) is 10.6. The fourth-order valence-corrected chi connectivity index (χ4v) is 1.49. The van der Waals surface area contributed by atoms with Crippen molar-refractivity contribution in [1.82, 2.24) is 0 Å². The van der Waals surface area contributed by atoms with Gasteiger partial charge >= 0.3 is 0 Å². The molecule has 1 rings (SSSR count). The maximum Gasteiger partial charge on any atom is 0.122 e. The lowest BCUT2D eigenvalue weighted by Gasteiger charge is -2.14. The highest BCUT2D eigenvalue weighted by Crippen LogP contribution is 2.27. The van der Waals surface area contributed by atoms with Gasteiger partial charge in [-0.1, -0.05) is 26.0 Å². The minimum absolute atomic E-state index is 0.136. The SMILES string of the molecule is CCc1ccc(OC)c(C(C)CO)c1. The number of aliphatic hydroxyl groups excluding tert-OH is 1. The van der Waals surface area contributed by atoms with Crippen LogP contribution in [0.5, 0.6) is 5.75 Å². The largest absolute Gasteiger partial charge is 0.496 e. The van der Waals surface area contributed by atoms with Crippen LogP contribution in [0.25, 0.3) is 0 Å². The minimum atomic E-state index is 0.136. The van der Waals surface area contributed by atoms with Gasteiger partial charge in [-0.25, -0.2) is 0 Å². The van der Waals surface area contributed by atoms with Gasteiger partial charge in [-0.2, -0.15) is 0 Å². The normalized spacial score (nSPS) is 12.6. The molecule has 1 N–H and O–H groups in total. The van der Waals surface area contributed by atoms with Crippen LogP contribution in [0.1, 0.15) is 30.9 Å². The first-order valence-corrected chi connectivity index (χ1v) is 5.00. The average molecular weight is 194 g/mol. The van der Waals surface area contributed by atoms with Crippen LogP contribution in [0.2, 0.25) is 0 Å². The summed E-state index contributed by atoms with van der Waals surface area (Å²) in [5.74, 6) is 1.00. The molecule has 0 saturated heterocycles. The van der Waals surface area contributed by atoms with Crippen LogP contribution in [0.15, 0.2) is 18.2 Å². The third-order valence-electron chi connectivity index (χ3n) is 2.51. The maximum absolute atomic E-state index is 9.12. The van der Waals surface area contributed by atoms with Crippen LogP contribution >= 0.6 is 0 Å². The summed E-state index contributed by atoms with van der Waals surface area (Å²) in [5.41, 5.74) is 2.37. The van der Waals surface area contributed by atoms with E-state index in [1.807, 2.05) is 13.0 Å². The van der Waals surface area contributed by atoms with Crippen LogP contribution in [0, 0.1) is 0 Å². The lowest BCUT2D eigenvalue weighted by atomic mass is 9.98. The molecular formula is C12H18O2. The highest BCUT2D eigenvalue weighted by molar-refractivity contribution is 5.39. The van der Waals surface area contributed by atoms with Gasteiger partial charge in [-0.05, 0) is 23.6 Å². The summed E-state index contributed by atoms with van der Waals surface area (Å²) < 4.78 is 5.26. The molecule has 2 nitrogen and oxygen atoms in total. The zero-order valence-electron chi connectivity index (χ0n) is 9.08. The zero-order valence-corrected chi connectivity index (χ0v) is 9.08. The Labute approximate surface area is 85.5 Å². The van der Waals surface area contributed by atoms with Crippen molar-refractivity contribution in [3.8, 4) is 5.75 Å². The number of benzene rings is 1. The van der Waals surface area contributed by atoms with E-state index in [1.54, 1.807) is 7.11 Å². The molecule has 0 saturated carbocycles. The second kappa shape index (κ2) is 5.01. The van der Waals surface area contributed by atoms with Gasteiger partial charge in [0.15, 0.2) is 0 Å². The van der Waals surface area contributed by atoms with E-state index in [2.05, 4.69) is 19.1 Å². The Morgan fingerprint density at radius 2 is 2.14 bits per heavy atom. The molecule has 0 aliphatic rings. The molecule has 78 valence electrons. The average Bonchev–Trinajstić information content (AvgIpc) is 2.27. The van der Waals surface area contributed by atoms with Crippen molar-refractivity contribution >= 4 is 0 Å². The lowest BCUT2D eigenvalue weighted by molar-refractivity contribution is 0.269. The van der Waals surface area contributed by atoms with Crippen molar-refractivity contribution in [3.05, 3.63) is 29.3 Å². The molecule has 2 heteroatoms. The Kier molecular flexibility index (Phi) is 3.96. The van der Waals surface area contributed by atoms with Crippen LogP contribution in [-0.2, 0) is 6.42 Å². The number of hydrogen-bond donors (Lipinski definition) is 1. The summed E-state index contributed by atoms with van der Waals surface area (Å²) >= 11 is 0. The molecule has 0 amide bonds. The summed E-state index contributed by atoms with van der Waals surface area (Å²) in [4.78, 5) is 0. The van der Waals surface area contributed by atoms with E-state index in [0.29, 0.717) is 0 Å². The minimum Gasteiger partial charge on any atom is -0.496 e. The predicted molar refractivity (Wildman–Crippen MR) is 57.9 cm³/mol. The molecule has 1 atom stereocenters. The molecule has 0 bridgehead atoms. The Balaban J connectivity index is 3.08. The maximum atomic E-state index is 9.12. The van der Waals surface area contributed by atoms with Gasteiger partial charge in [0, 0.05) is 12.5 Å². The second-order valence-electron chi connectivity index (χ2n) is 3.51. The third-order valence-corrected chi connectivity index (χ3v) is 2.51. The fourth-order valence-electron chi connectivity index (χ4n) is 1.49. The lowest BCUT2D eigenvalue weighted by Crippen LogP contribution is -2.02. The monoisotopic (exact) mass is 194 g/mol. The molecule has 1 unspecified atom stereocenters. The smallest absolute Gasteiger partial charge is 0.122 e. The number of hydrogen-bond acceptors (Lipinski definition) is 2. The van der Waals surface area contributed by atoms with Gasteiger partial charge in [-0.3, -0.25) is 0 Å². The first kappa shape index (κ1) is 11.1. The molecule has 0 radical (unpaired) electrons. The van der Waals surface area contributed by atoms with Crippen molar-refractivity contribution in [2.75, 3.05) is 13.7 Å². The van der Waals surface area contributed by atoms with Crippen molar-refractivity contribution in [3.63, 3.8) is 0 Å². The first-order chi connectivity index (χ1) is 6.72. The summed E-state index contributed by atoms with van der Waals surface area (Å²) in [6.07, 6.45) is 1.01. The topological polar surface area (TPSA) is 29.5 Å². The molecule has 0 fully saturated rings. The molecule has 0 aliphatic heterocycles. The van der Waals surface area contributed by atoms with E-state index in [1.165, 1.54) is 5.56 Å². The summed E-state index contributed by atoms with van der Waals surface area (Å²) in [6.45, 7) is 4.27. The standard InChI is InChI=1S/C12H18O2/c1-4-10-5-6-12(14-3)11(7-10)9(2)8-13/h5-7,9,13H,4,8H2,1-3H3. The molecule has 1 aromatic rings. The molecule has 0 heterocycles. The molecule has 0 aliphatic carbocycles. The number of aryl methyl sites for hydroxylation is 1. The van der Waals surface area contributed by atoms with Gasteiger partial charge in [0.2, 0.25) is 0 Å². The van der Waals surface area contributed by atoms with Crippen LogP contribution in [0.3, 0.4) is 0 Å². The highest BCUT2D eigenvalue weighted by atomic mass is 16.5. The van der Waals surface area contributed by atoms with E-state index in [-0.39, 0.29) is 12.5 Å². The highest BCUT2D eigenvalue weighted by Gasteiger charge is 2.10. The molecule has 0 aromatic heterocycles. The van der Waals surface area contributed by atoms with Crippen LogP contribution in [0.4, 0.5) is 0 Å². The van der Waals surface area contributed by atoms with Crippen molar-refractivity contribution < 1.29 is 9.84 Å². The van der Waals surface area contributed by atoms with E-state index in [4.69, 9.17) is 9.84 Å². The third kappa shape index (κ3) is 2.26. The van der Waals surface area contributed by atoms with Crippen molar-refractivity contribution in [2.24, 2.45) is 0 Å². The van der Waals surface area contributed by atoms with Crippen LogP contribution in [-0.4, -0.2) is 18.8 Å². The van der Waals surface area contributed by atoms with Gasteiger partial charge in [-0.15, -0.1) is 0 Å². The fraction of sp³-hybridized carbons (Fsp3) is 0.500. The second-order valence-corrected chi connectivity index (χ2v) is 3.51. The molecule has 1 aromatic carbocycles. The number of methoxy groups -OCH3 is 1. The van der Waals surface area contributed by atoms with Gasteiger partial charge in [0.25, 0.3) is 0 Å². The first-order valence-electron chi connectivity index (χ1n) is 5.00. The molecule has 0 spiro atoms. The van der Waals surface area contributed by atoms with Gasteiger partial charge in [0.05, 0.1) is 7.11 Å². The summed E-state index contributed by atoms with van der Waals surface area (Å²) in [5, 5.41) is 9.12. The van der Waals surface area contributed by atoms with Gasteiger partial charge < -0.3 is 9.84 Å². The Morgan fingerprint density at radius 3 is 2.64 bits per heavy atom. The summed E-state index contributed by atoms with van der Waals surface area (Å²) in [7, 11) is 1.66. The van der Waals surface area contributed by atoms with E-state index in [9.17, 15) is 0 Å². The molecule has 14 heavy (non-hydrogen) atoms. The number of aliphatic hydroxyl groups is 1. The van der Waals surface area contributed by atoms with Gasteiger partial charge in [0.1, 0.15) is 5.75 Å². The molecular weight excluding hydrogens is 176 g/mol. The summed E-state index contributed by atoms with van der Waals surface area (Å²) in [6, 6.07) is 6.15. The Morgan fingerprint density at radius 1 is 1.43 bits per heavy atom. The van der Waals surface area contributed by atoms with Crippen molar-refractivity contribution in [1.29, 1.82) is 0 Å². The van der Waals surface area contributed by atoms with E-state index < -0.39 is 0 Å². The Hall–Kier alpha value is -1.02.